The minimum atomic E-state index is -0.850. The quantitative estimate of drug-likeness (QED) is 0.0320. The number of amides is 1. The van der Waals surface area contributed by atoms with Gasteiger partial charge in [0.1, 0.15) is 0 Å². The summed E-state index contributed by atoms with van der Waals surface area (Å²) < 4.78 is 5.49. The van der Waals surface area contributed by atoms with E-state index in [0.29, 0.717) is 19.4 Å². The zero-order valence-electron chi connectivity index (χ0n) is 48.0. The van der Waals surface area contributed by atoms with Crippen LogP contribution in [0.1, 0.15) is 354 Å². The molecule has 0 saturated carbocycles. The smallest absolute Gasteiger partial charge is 0.305 e. The van der Waals surface area contributed by atoms with Crippen molar-refractivity contribution in [3.05, 3.63) is 24.3 Å². The van der Waals surface area contributed by atoms with Crippen molar-refractivity contribution in [1.29, 1.82) is 0 Å². The first-order chi connectivity index (χ1) is 35.0. The van der Waals surface area contributed by atoms with E-state index in [1.165, 1.54) is 283 Å². The van der Waals surface area contributed by atoms with E-state index in [4.69, 9.17) is 4.74 Å². The number of allylic oxidation sites excluding steroid dienone is 3. The maximum Gasteiger partial charge on any atom is 0.305 e. The van der Waals surface area contributed by atoms with Gasteiger partial charge >= 0.3 is 5.97 Å². The lowest BCUT2D eigenvalue weighted by Crippen LogP contribution is -2.45. The van der Waals surface area contributed by atoms with E-state index in [-0.39, 0.29) is 18.5 Å². The molecule has 0 aromatic heterocycles. The second kappa shape index (κ2) is 60.9. The van der Waals surface area contributed by atoms with Crippen LogP contribution in [0.2, 0.25) is 0 Å². The Kier molecular flexibility index (Phi) is 59.5. The van der Waals surface area contributed by atoms with Crippen molar-refractivity contribution in [1.82, 2.24) is 5.32 Å². The number of rotatable bonds is 60. The van der Waals surface area contributed by atoms with Gasteiger partial charge in [0.05, 0.1) is 25.4 Å². The molecule has 0 bridgehead atoms. The molecule has 6 heteroatoms. The minimum Gasteiger partial charge on any atom is -0.466 e. The summed E-state index contributed by atoms with van der Waals surface area (Å²) >= 11 is 0. The molecule has 71 heavy (non-hydrogen) atoms. The van der Waals surface area contributed by atoms with Crippen LogP contribution in [0.5, 0.6) is 0 Å². The van der Waals surface area contributed by atoms with Gasteiger partial charge < -0.3 is 20.3 Å². The molecule has 0 aromatic carbocycles. The van der Waals surface area contributed by atoms with E-state index >= 15 is 0 Å². The third kappa shape index (κ3) is 57.5. The van der Waals surface area contributed by atoms with Crippen molar-refractivity contribution in [2.75, 3.05) is 13.2 Å². The Balaban J connectivity index is 3.44. The Bertz CT molecular complexity index is 1110. The number of carbonyl (C=O) groups is 2. The third-order valence-electron chi connectivity index (χ3n) is 15.0. The van der Waals surface area contributed by atoms with Crippen LogP contribution >= 0.6 is 0 Å². The Morgan fingerprint density at radius 1 is 0.380 bits per heavy atom. The molecule has 0 saturated heterocycles. The van der Waals surface area contributed by atoms with Gasteiger partial charge in [-0.15, -0.1) is 0 Å². The number of carbonyl (C=O) groups excluding carboxylic acids is 2. The van der Waals surface area contributed by atoms with Crippen LogP contribution in [0.25, 0.3) is 0 Å². The van der Waals surface area contributed by atoms with E-state index in [1.807, 2.05) is 6.08 Å². The summed E-state index contributed by atoms with van der Waals surface area (Å²) in [5, 5.41) is 23.2. The number of aliphatic hydroxyl groups is 2. The lowest BCUT2D eigenvalue weighted by atomic mass is 10.0. The highest BCUT2D eigenvalue weighted by Crippen LogP contribution is 2.18. The largest absolute Gasteiger partial charge is 0.466 e. The lowest BCUT2D eigenvalue weighted by Gasteiger charge is -2.20. The summed E-state index contributed by atoms with van der Waals surface area (Å²) in [6, 6.07) is -0.634. The fraction of sp³-hybridized carbons (Fsp3) is 0.908. The number of ether oxygens (including phenoxy) is 1. The van der Waals surface area contributed by atoms with Gasteiger partial charge in [0.15, 0.2) is 0 Å². The molecular weight excluding hydrogens is 875 g/mol. The summed E-state index contributed by atoms with van der Waals surface area (Å²) in [7, 11) is 0. The Morgan fingerprint density at radius 3 is 1.00 bits per heavy atom. The molecule has 0 fully saturated rings. The Labute approximate surface area is 443 Å². The molecular formula is C65H125NO5. The molecule has 0 aliphatic carbocycles. The number of hydrogen-bond acceptors (Lipinski definition) is 5. The lowest BCUT2D eigenvalue weighted by molar-refractivity contribution is -0.143. The van der Waals surface area contributed by atoms with Crippen molar-refractivity contribution < 1.29 is 24.5 Å². The number of nitrogens with one attached hydrogen (secondary N) is 1. The first-order valence-corrected chi connectivity index (χ1v) is 32.1. The van der Waals surface area contributed by atoms with Crippen molar-refractivity contribution in [3.8, 4) is 0 Å². The fourth-order valence-electron chi connectivity index (χ4n) is 10.0. The highest BCUT2D eigenvalue weighted by atomic mass is 16.5. The Morgan fingerprint density at radius 2 is 0.662 bits per heavy atom. The van der Waals surface area contributed by atoms with Gasteiger partial charge in [-0.1, -0.05) is 308 Å². The molecule has 0 aliphatic heterocycles. The molecule has 2 unspecified atom stereocenters. The van der Waals surface area contributed by atoms with E-state index < -0.39 is 12.1 Å². The van der Waals surface area contributed by atoms with Gasteiger partial charge in [-0.25, -0.2) is 0 Å². The molecule has 1 amide bonds. The fourth-order valence-corrected chi connectivity index (χ4v) is 10.0. The molecule has 0 rings (SSSR count). The molecule has 0 heterocycles. The van der Waals surface area contributed by atoms with Crippen LogP contribution < -0.4 is 5.32 Å². The average Bonchev–Trinajstić information content (AvgIpc) is 3.37. The van der Waals surface area contributed by atoms with Gasteiger partial charge in [0.25, 0.3) is 0 Å². The normalized spacial score (nSPS) is 12.7. The summed E-state index contributed by atoms with van der Waals surface area (Å²) in [5.74, 6) is -0.0719. The maximum absolute atomic E-state index is 12.5. The van der Waals surface area contributed by atoms with Gasteiger partial charge in [-0.3, -0.25) is 9.59 Å². The zero-order valence-corrected chi connectivity index (χ0v) is 48.0. The van der Waals surface area contributed by atoms with Crippen LogP contribution in [0.15, 0.2) is 24.3 Å². The van der Waals surface area contributed by atoms with E-state index in [0.717, 1.165) is 44.9 Å². The van der Waals surface area contributed by atoms with Crippen LogP contribution in [0.4, 0.5) is 0 Å². The van der Waals surface area contributed by atoms with E-state index in [1.54, 1.807) is 6.08 Å². The van der Waals surface area contributed by atoms with Crippen LogP contribution in [0.3, 0.4) is 0 Å². The highest BCUT2D eigenvalue weighted by Gasteiger charge is 2.18. The second-order valence-corrected chi connectivity index (χ2v) is 22.1. The van der Waals surface area contributed by atoms with Gasteiger partial charge in [-0.05, 0) is 57.8 Å². The maximum atomic E-state index is 12.5. The van der Waals surface area contributed by atoms with Crippen molar-refractivity contribution in [2.24, 2.45) is 0 Å². The molecule has 0 aromatic rings. The van der Waals surface area contributed by atoms with E-state index in [2.05, 4.69) is 31.3 Å². The number of hydrogen-bond donors (Lipinski definition) is 3. The number of unbranched alkanes of at least 4 members (excludes halogenated alkanes) is 47. The van der Waals surface area contributed by atoms with Crippen LogP contribution in [0, 0.1) is 0 Å². The first-order valence-electron chi connectivity index (χ1n) is 32.1. The predicted molar refractivity (Wildman–Crippen MR) is 310 cm³/mol. The topological polar surface area (TPSA) is 95.9 Å². The van der Waals surface area contributed by atoms with Gasteiger partial charge in [0, 0.05) is 12.8 Å². The molecule has 0 aliphatic rings. The first kappa shape index (κ1) is 69.3. The molecule has 0 radical (unpaired) electrons. The zero-order chi connectivity index (χ0) is 51.4. The van der Waals surface area contributed by atoms with E-state index in [9.17, 15) is 19.8 Å². The molecule has 2 atom stereocenters. The van der Waals surface area contributed by atoms with Crippen molar-refractivity contribution in [3.63, 3.8) is 0 Å². The van der Waals surface area contributed by atoms with Gasteiger partial charge in [-0.2, -0.15) is 0 Å². The average molecular weight is 1000 g/mol. The monoisotopic (exact) mass is 1000 g/mol. The number of aliphatic hydroxyl groups excluding tert-OH is 2. The molecule has 6 nitrogen and oxygen atoms in total. The predicted octanol–water partition coefficient (Wildman–Crippen LogP) is 20.2. The summed E-state index contributed by atoms with van der Waals surface area (Å²) in [4.78, 5) is 24.6. The molecule has 420 valence electrons. The highest BCUT2D eigenvalue weighted by molar-refractivity contribution is 5.76. The van der Waals surface area contributed by atoms with Crippen molar-refractivity contribution in [2.45, 2.75) is 366 Å². The second-order valence-electron chi connectivity index (χ2n) is 22.1. The minimum absolute atomic E-state index is 0.000382. The Hall–Kier alpha value is -1.66. The number of esters is 1. The summed E-state index contributed by atoms with van der Waals surface area (Å²) in [5.41, 5.74) is 0. The third-order valence-corrected chi connectivity index (χ3v) is 15.0. The van der Waals surface area contributed by atoms with Crippen LogP contribution in [-0.4, -0.2) is 47.4 Å². The SMILES string of the molecule is CCCCCCCC/C=C\CCCCCCCCCC(=O)OCCCCCCCCCCCCCCCCCCC(=O)NC(CO)C(O)/C=C/CCCCCCCCCCCCCCCCCCCCC. The van der Waals surface area contributed by atoms with Crippen LogP contribution in [-0.2, 0) is 14.3 Å². The van der Waals surface area contributed by atoms with Gasteiger partial charge in [0.2, 0.25) is 5.91 Å². The summed E-state index contributed by atoms with van der Waals surface area (Å²) in [6.07, 6.45) is 75.0. The van der Waals surface area contributed by atoms with Crippen molar-refractivity contribution >= 4 is 11.9 Å². The standard InChI is InChI=1S/C65H125NO5/c1-3-5-7-9-11-13-15-17-19-21-22-23-24-26-29-33-37-41-45-49-53-57-63(68)62(61-67)66-64(69)58-54-50-46-42-38-34-30-27-28-32-36-40-44-48-52-56-60-71-65(70)59-55-51-47-43-39-35-31-25-20-18-16-14-12-10-8-6-4-2/h18,20,53,57,62-63,67-68H,3-17,19,21-52,54-56,58-61H2,1-2H3,(H,66,69)/b20-18-,57-53+. The molecule has 3 N–H and O–H groups in total. The molecule has 0 spiro atoms. The summed E-state index contributed by atoms with van der Waals surface area (Å²) in [6.45, 7) is 4.91.